The van der Waals surface area contributed by atoms with Crippen molar-refractivity contribution in [2.45, 2.75) is 37.8 Å². The zero-order chi connectivity index (χ0) is 25.4. The smallest absolute Gasteiger partial charge is 0.307 e. The van der Waals surface area contributed by atoms with E-state index in [0.29, 0.717) is 50.9 Å². The summed E-state index contributed by atoms with van der Waals surface area (Å²) in [6.45, 7) is 4.59. The number of aliphatic carboxylic acids is 1. The molecular weight excluding hydrogens is 486 g/mol. The second-order valence-electron chi connectivity index (χ2n) is 8.15. The minimum Gasteiger partial charge on any atom is -0.493 e. The van der Waals surface area contributed by atoms with Crippen LogP contribution in [0.5, 0.6) is 17.2 Å². The summed E-state index contributed by atoms with van der Waals surface area (Å²) in [6.07, 6.45) is -0.122. The Morgan fingerprint density at radius 1 is 0.971 bits per heavy atom. The van der Waals surface area contributed by atoms with Crippen molar-refractivity contribution in [3.05, 3.63) is 87.9 Å². The molecule has 35 heavy (non-hydrogen) atoms. The molecule has 8 heteroatoms. The third kappa shape index (κ3) is 7.94. The van der Waals surface area contributed by atoms with Crippen LogP contribution in [-0.2, 0) is 23.5 Å². The zero-order valence-corrected chi connectivity index (χ0v) is 21.4. The van der Waals surface area contributed by atoms with Gasteiger partial charge in [0, 0.05) is 28.4 Å². The lowest BCUT2D eigenvalue weighted by Gasteiger charge is -2.16. The molecule has 3 aromatic carbocycles. The summed E-state index contributed by atoms with van der Waals surface area (Å²) in [6, 6.07) is 17.7. The molecule has 6 nitrogen and oxygen atoms in total. The van der Waals surface area contributed by atoms with Crippen molar-refractivity contribution in [1.82, 2.24) is 5.32 Å². The van der Waals surface area contributed by atoms with E-state index in [0.717, 1.165) is 11.1 Å². The van der Waals surface area contributed by atoms with E-state index in [4.69, 9.17) is 26.2 Å². The highest BCUT2D eigenvalue weighted by atomic mass is 35.5. The number of carbonyl (C=O) groups is 2. The maximum Gasteiger partial charge on any atom is 0.307 e. The second-order valence-corrected chi connectivity index (χ2v) is 10.2. The maximum atomic E-state index is 12.8. The number of methoxy groups -OCH3 is 1. The van der Waals surface area contributed by atoms with E-state index in [-0.39, 0.29) is 12.3 Å². The second kappa shape index (κ2) is 12.5. The number of rotatable bonds is 11. The van der Waals surface area contributed by atoms with Crippen LogP contribution in [0.2, 0.25) is 5.02 Å². The lowest BCUT2D eigenvalue weighted by molar-refractivity contribution is -0.136. The van der Waals surface area contributed by atoms with E-state index < -0.39 is 5.97 Å². The van der Waals surface area contributed by atoms with Gasteiger partial charge in [0.1, 0.15) is 5.75 Å². The number of hydrogen-bond acceptors (Lipinski definition) is 5. The Morgan fingerprint density at radius 2 is 1.66 bits per heavy atom. The van der Waals surface area contributed by atoms with Crippen LogP contribution in [0.1, 0.15) is 40.9 Å². The van der Waals surface area contributed by atoms with Crippen molar-refractivity contribution >= 4 is 35.2 Å². The lowest BCUT2D eigenvalue weighted by atomic mass is 10.1. The Morgan fingerprint density at radius 3 is 2.31 bits per heavy atom. The van der Waals surface area contributed by atoms with Crippen molar-refractivity contribution in [1.29, 1.82) is 0 Å². The molecule has 0 fully saturated rings. The SMILES string of the molecule is COc1ccc(CC(=O)O)cc1Oc1ccc(C(=O)NCc2ccc(Cl)cc2)cc1CSC(C)C. The zero-order valence-electron chi connectivity index (χ0n) is 19.8. The van der Waals surface area contributed by atoms with Gasteiger partial charge >= 0.3 is 5.97 Å². The van der Waals surface area contributed by atoms with Crippen molar-refractivity contribution in [2.75, 3.05) is 7.11 Å². The first-order valence-corrected chi connectivity index (χ1v) is 12.5. The summed E-state index contributed by atoms with van der Waals surface area (Å²) >= 11 is 7.66. The Bertz CT molecular complexity index is 1180. The Balaban J connectivity index is 1.84. The fourth-order valence-corrected chi connectivity index (χ4v) is 4.14. The van der Waals surface area contributed by atoms with Gasteiger partial charge in [-0.1, -0.05) is 43.6 Å². The maximum absolute atomic E-state index is 12.8. The fraction of sp³-hybridized carbons (Fsp3) is 0.259. The van der Waals surface area contributed by atoms with Crippen LogP contribution < -0.4 is 14.8 Å². The highest BCUT2D eigenvalue weighted by Gasteiger charge is 2.15. The van der Waals surface area contributed by atoms with Crippen LogP contribution in [0.15, 0.2) is 60.7 Å². The number of ether oxygens (including phenoxy) is 2. The summed E-state index contributed by atoms with van der Waals surface area (Å²) in [5, 5.41) is 13.1. The van der Waals surface area contributed by atoms with Gasteiger partial charge in [0.25, 0.3) is 5.91 Å². The average Bonchev–Trinajstić information content (AvgIpc) is 2.82. The van der Waals surface area contributed by atoms with Crippen LogP contribution in [-0.4, -0.2) is 29.3 Å². The number of carboxylic acid groups (broad SMARTS) is 1. The molecule has 0 saturated heterocycles. The number of halogens is 1. The van der Waals surface area contributed by atoms with Gasteiger partial charge in [-0.2, -0.15) is 11.8 Å². The quantitative estimate of drug-likeness (QED) is 0.311. The molecule has 184 valence electrons. The Hall–Kier alpha value is -3.16. The van der Waals surface area contributed by atoms with Gasteiger partial charge < -0.3 is 19.9 Å². The van der Waals surface area contributed by atoms with Crippen LogP contribution in [0.4, 0.5) is 0 Å². The number of amides is 1. The minimum absolute atomic E-state index is 0.122. The first kappa shape index (κ1) is 26.4. The van der Waals surface area contributed by atoms with Crippen molar-refractivity contribution in [3.8, 4) is 17.2 Å². The number of carboxylic acids is 1. The molecular formula is C27H28ClNO5S. The van der Waals surface area contributed by atoms with Gasteiger partial charge in [-0.3, -0.25) is 9.59 Å². The minimum atomic E-state index is -0.927. The molecule has 2 N–H and O–H groups in total. The largest absolute Gasteiger partial charge is 0.493 e. The molecule has 0 atom stereocenters. The molecule has 1 amide bonds. The highest BCUT2D eigenvalue weighted by Crippen LogP contribution is 2.36. The number of benzene rings is 3. The first-order valence-electron chi connectivity index (χ1n) is 11.1. The predicted molar refractivity (Wildman–Crippen MR) is 140 cm³/mol. The van der Waals surface area contributed by atoms with Gasteiger partial charge in [0.15, 0.2) is 11.5 Å². The van der Waals surface area contributed by atoms with Crippen molar-refractivity contribution < 1.29 is 24.2 Å². The topological polar surface area (TPSA) is 84.9 Å². The van der Waals surface area contributed by atoms with Gasteiger partial charge in [-0.05, 0) is 58.8 Å². The molecule has 0 radical (unpaired) electrons. The number of carbonyl (C=O) groups excluding carboxylic acids is 1. The molecule has 0 spiro atoms. The summed E-state index contributed by atoms with van der Waals surface area (Å²) in [5.41, 5.74) is 2.93. The number of hydrogen-bond donors (Lipinski definition) is 2. The monoisotopic (exact) mass is 513 g/mol. The molecule has 3 rings (SSSR count). The van der Waals surface area contributed by atoms with Crippen molar-refractivity contribution in [3.63, 3.8) is 0 Å². The standard InChI is InChI=1S/C27H28ClNO5S/c1-17(2)35-16-21-14-20(27(32)29-15-18-4-8-22(28)9-5-18)7-11-23(21)34-25-12-19(13-26(30)31)6-10-24(25)33-3/h4-12,14,17H,13,15-16H2,1-3H3,(H,29,32)(H,30,31). The van der Waals surface area contributed by atoms with Crippen LogP contribution in [0, 0.1) is 0 Å². The Kier molecular flexibility index (Phi) is 9.46. The van der Waals surface area contributed by atoms with E-state index in [2.05, 4.69) is 19.2 Å². The van der Waals surface area contributed by atoms with Crippen LogP contribution in [0.3, 0.4) is 0 Å². The molecule has 0 aliphatic heterocycles. The molecule has 0 bridgehead atoms. The van der Waals surface area contributed by atoms with E-state index in [9.17, 15) is 9.59 Å². The third-order valence-electron chi connectivity index (χ3n) is 5.06. The Labute approximate surface area is 214 Å². The molecule has 0 heterocycles. The van der Waals surface area contributed by atoms with E-state index in [1.807, 2.05) is 18.2 Å². The van der Waals surface area contributed by atoms with Gasteiger partial charge in [-0.25, -0.2) is 0 Å². The van der Waals surface area contributed by atoms with Gasteiger partial charge in [0.2, 0.25) is 0 Å². The van der Waals surface area contributed by atoms with Crippen LogP contribution in [0.25, 0.3) is 0 Å². The molecule has 3 aromatic rings. The number of thioether (sulfide) groups is 1. The summed E-state index contributed by atoms with van der Waals surface area (Å²) in [7, 11) is 1.53. The summed E-state index contributed by atoms with van der Waals surface area (Å²) in [5.74, 6) is 1.02. The average molecular weight is 514 g/mol. The molecule has 0 aliphatic rings. The summed E-state index contributed by atoms with van der Waals surface area (Å²) < 4.78 is 11.6. The molecule has 0 aromatic heterocycles. The molecule has 0 unspecified atom stereocenters. The van der Waals surface area contributed by atoms with E-state index in [1.54, 1.807) is 54.2 Å². The third-order valence-corrected chi connectivity index (χ3v) is 6.46. The first-order chi connectivity index (χ1) is 16.7. The normalized spacial score (nSPS) is 10.8. The summed E-state index contributed by atoms with van der Waals surface area (Å²) in [4.78, 5) is 24.0. The van der Waals surface area contributed by atoms with Gasteiger partial charge in [-0.15, -0.1) is 0 Å². The molecule has 0 saturated carbocycles. The van der Waals surface area contributed by atoms with Crippen LogP contribution >= 0.6 is 23.4 Å². The fourth-order valence-electron chi connectivity index (χ4n) is 3.28. The highest BCUT2D eigenvalue weighted by molar-refractivity contribution is 7.99. The van der Waals surface area contributed by atoms with E-state index >= 15 is 0 Å². The number of nitrogens with one attached hydrogen (secondary N) is 1. The predicted octanol–water partition coefficient (Wildman–Crippen LogP) is 6.34. The molecule has 0 aliphatic carbocycles. The van der Waals surface area contributed by atoms with E-state index in [1.165, 1.54) is 7.11 Å². The lowest BCUT2D eigenvalue weighted by Crippen LogP contribution is -2.22. The van der Waals surface area contributed by atoms with Crippen molar-refractivity contribution in [2.24, 2.45) is 0 Å². The van der Waals surface area contributed by atoms with Gasteiger partial charge in [0.05, 0.1) is 13.5 Å².